The number of azo groups is 1. The molecule has 0 fully saturated rings. The van der Waals surface area contributed by atoms with E-state index in [4.69, 9.17) is 5.73 Å². The van der Waals surface area contributed by atoms with E-state index in [1.54, 1.807) is 25.2 Å². The molecule has 1 aromatic rings. The smallest absolute Gasteiger partial charge is 0.0479 e. The molecule has 1 aromatic carbocycles. The molecular formula is C7H8N3Y-. The van der Waals surface area contributed by atoms with Gasteiger partial charge in [0.1, 0.15) is 0 Å². The largest absolute Gasteiger partial charge is 0.420 e. The standard InChI is InChI=1S/C7H8N3.Y/c1-9-10-7-4-2-6(8)3-5-7;/h2,4-5H,8H2,1H3;/q-1;. The third kappa shape index (κ3) is 3.58. The van der Waals surface area contributed by atoms with Crippen LogP contribution in [0.25, 0.3) is 0 Å². The molecule has 0 amide bonds. The van der Waals surface area contributed by atoms with Crippen LogP contribution in [0.3, 0.4) is 0 Å². The van der Waals surface area contributed by atoms with Gasteiger partial charge in [-0.15, -0.1) is 18.2 Å². The molecule has 1 rings (SSSR count). The van der Waals surface area contributed by atoms with Gasteiger partial charge in [0.2, 0.25) is 0 Å². The van der Waals surface area contributed by atoms with Crippen molar-refractivity contribution in [3.05, 3.63) is 24.3 Å². The van der Waals surface area contributed by atoms with Gasteiger partial charge in [-0.25, -0.2) is 10.2 Å². The first-order valence-electron chi connectivity index (χ1n) is 2.90. The molecule has 0 aliphatic rings. The third-order valence-electron chi connectivity index (χ3n) is 1.04. The van der Waals surface area contributed by atoms with Crippen LogP contribution in [0.15, 0.2) is 28.4 Å². The number of nitrogens with two attached hydrogens (primary N) is 1. The second-order valence-electron chi connectivity index (χ2n) is 1.80. The number of hydrogen-bond donors (Lipinski definition) is 1. The Hall–Kier alpha value is -0.276. The molecule has 0 spiro atoms. The summed E-state index contributed by atoms with van der Waals surface area (Å²) in [7, 11) is 1.62. The van der Waals surface area contributed by atoms with E-state index in [1.807, 2.05) is 0 Å². The van der Waals surface area contributed by atoms with Gasteiger partial charge in [-0.3, -0.25) is 0 Å². The molecule has 0 heterocycles. The zero-order chi connectivity index (χ0) is 7.40. The van der Waals surface area contributed by atoms with Crippen molar-refractivity contribution in [2.45, 2.75) is 0 Å². The Morgan fingerprint density at radius 2 is 2.18 bits per heavy atom. The second kappa shape index (κ2) is 5.38. The number of benzene rings is 1. The van der Waals surface area contributed by atoms with Crippen LogP contribution in [-0.2, 0) is 32.7 Å². The van der Waals surface area contributed by atoms with Crippen molar-refractivity contribution in [2.75, 3.05) is 12.8 Å². The van der Waals surface area contributed by atoms with E-state index in [1.165, 1.54) is 0 Å². The van der Waals surface area contributed by atoms with Crippen molar-refractivity contribution >= 4 is 11.4 Å². The Labute approximate surface area is 91.0 Å². The molecule has 3 nitrogen and oxygen atoms in total. The summed E-state index contributed by atoms with van der Waals surface area (Å²) in [6, 6.07) is 8.04. The van der Waals surface area contributed by atoms with E-state index in [-0.39, 0.29) is 32.7 Å². The molecule has 0 saturated heterocycles. The van der Waals surface area contributed by atoms with E-state index in [9.17, 15) is 0 Å². The van der Waals surface area contributed by atoms with Gasteiger partial charge in [0.15, 0.2) is 0 Å². The van der Waals surface area contributed by atoms with Gasteiger partial charge in [-0.1, -0.05) is 5.69 Å². The molecule has 11 heavy (non-hydrogen) atoms. The molecule has 1 radical (unpaired) electrons. The Balaban J connectivity index is 0.000001000. The molecule has 55 valence electrons. The third-order valence-corrected chi connectivity index (χ3v) is 1.04. The van der Waals surface area contributed by atoms with E-state index < -0.39 is 0 Å². The van der Waals surface area contributed by atoms with Crippen molar-refractivity contribution in [1.82, 2.24) is 0 Å². The Morgan fingerprint density at radius 1 is 1.45 bits per heavy atom. The molecule has 0 atom stereocenters. The predicted octanol–water partition coefficient (Wildman–Crippen LogP) is 1.78. The monoisotopic (exact) mass is 223 g/mol. The molecule has 0 bridgehead atoms. The number of nitrogen functional groups attached to an aromatic ring is 1. The minimum absolute atomic E-state index is 0. The average Bonchev–Trinajstić information content (AvgIpc) is 1.95. The Kier molecular flexibility index (Phi) is 5.25. The summed E-state index contributed by atoms with van der Waals surface area (Å²) in [6.07, 6.45) is 0. The van der Waals surface area contributed by atoms with Crippen LogP contribution >= 0.6 is 0 Å². The quantitative estimate of drug-likeness (QED) is 0.440. The summed E-state index contributed by atoms with van der Waals surface area (Å²) < 4.78 is 0. The van der Waals surface area contributed by atoms with Crippen molar-refractivity contribution in [3.8, 4) is 0 Å². The molecule has 0 aliphatic carbocycles. The summed E-state index contributed by atoms with van der Waals surface area (Å²) in [5.41, 5.74) is 6.79. The van der Waals surface area contributed by atoms with Gasteiger partial charge in [0.05, 0.1) is 0 Å². The number of hydrogen-bond acceptors (Lipinski definition) is 3. The molecule has 0 saturated carbocycles. The molecule has 2 N–H and O–H groups in total. The summed E-state index contributed by atoms with van der Waals surface area (Å²) in [5, 5.41) is 7.39. The Morgan fingerprint density at radius 3 is 2.64 bits per heavy atom. The maximum Gasteiger partial charge on any atom is 0.0479 e. The van der Waals surface area contributed by atoms with Crippen LogP contribution < -0.4 is 5.73 Å². The predicted molar refractivity (Wildman–Crippen MR) is 40.1 cm³/mol. The van der Waals surface area contributed by atoms with Crippen LogP contribution in [-0.4, -0.2) is 7.05 Å². The fourth-order valence-electron chi connectivity index (χ4n) is 0.606. The first kappa shape index (κ1) is 10.7. The topological polar surface area (TPSA) is 50.7 Å². The van der Waals surface area contributed by atoms with E-state index >= 15 is 0 Å². The number of nitrogens with zero attached hydrogens (tertiary/aromatic N) is 2. The number of rotatable bonds is 1. The molecule has 4 heteroatoms. The van der Waals surface area contributed by atoms with Gasteiger partial charge in [-0.05, 0) is 5.69 Å². The zero-order valence-electron chi connectivity index (χ0n) is 6.28. The van der Waals surface area contributed by atoms with Crippen LogP contribution in [0, 0.1) is 6.07 Å². The molecule has 0 aliphatic heterocycles. The summed E-state index contributed by atoms with van der Waals surface area (Å²) >= 11 is 0. The average molecular weight is 223 g/mol. The summed E-state index contributed by atoms with van der Waals surface area (Å²) in [4.78, 5) is 0. The first-order chi connectivity index (χ1) is 4.83. The van der Waals surface area contributed by atoms with Crippen molar-refractivity contribution in [1.29, 1.82) is 0 Å². The van der Waals surface area contributed by atoms with Gasteiger partial charge >= 0.3 is 0 Å². The van der Waals surface area contributed by atoms with Crippen LogP contribution in [0.1, 0.15) is 0 Å². The van der Waals surface area contributed by atoms with Gasteiger partial charge in [0, 0.05) is 39.8 Å². The normalized spacial score (nSPS) is 9.55. The van der Waals surface area contributed by atoms with Gasteiger partial charge in [0.25, 0.3) is 0 Å². The minimum atomic E-state index is 0. The molecular weight excluding hydrogens is 215 g/mol. The maximum absolute atomic E-state index is 5.39. The second-order valence-corrected chi connectivity index (χ2v) is 1.80. The zero-order valence-corrected chi connectivity index (χ0v) is 9.12. The Bertz CT molecular complexity index is 230. The van der Waals surface area contributed by atoms with E-state index in [0.29, 0.717) is 5.69 Å². The minimum Gasteiger partial charge on any atom is -0.420 e. The van der Waals surface area contributed by atoms with Gasteiger partial charge < -0.3 is 5.73 Å². The summed E-state index contributed by atoms with van der Waals surface area (Å²) in [6.45, 7) is 0. The van der Waals surface area contributed by atoms with Crippen LogP contribution in [0.4, 0.5) is 11.4 Å². The van der Waals surface area contributed by atoms with Crippen molar-refractivity contribution in [2.24, 2.45) is 10.2 Å². The van der Waals surface area contributed by atoms with Gasteiger partial charge in [-0.2, -0.15) is 6.07 Å². The summed E-state index contributed by atoms with van der Waals surface area (Å²) in [5.74, 6) is 0. The molecule has 0 unspecified atom stereocenters. The first-order valence-corrected chi connectivity index (χ1v) is 2.90. The van der Waals surface area contributed by atoms with E-state index in [2.05, 4.69) is 16.3 Å². The number of anilines is 1. The maximum atomic E-state index is 5.39. The van der Waals surface area contributed by atoms with E-state index in [0.717, 1.165) is 5.69 Å². The van der Waals surface area contributed by atoms with Crippen LogP contribution in [0.2, 0.25) is 0 Å². The van der Waals surface area contributed by atoms with Crippen molar-refractivity contribution in [3.63, 3.8) is 0 Å². The van der Waals surface area contributed by atoms with Crippen LogP contribution in [0.5, 0.6) is 0 Å². The fourth-order valence-corrected chi connectivity index (χ4v) is 0.606. The molecule has 0 aromatic heterocycles. The van der Waals surface area contributed by atoms with Crippen molar-refractivity contribution < 1.29 is 32.7 Å². The SMILES string of the molecule is CN=Nc1c[c-]c(N)cc1.[Y]. The fraction of sp³-hybridized carbons (Fsp3) is 0.143.